The molecule has 0 fully saturated rings. The molecular formula is C16H15ClN2O. The highest BCUT2D eigenvalue weighted by atomic mass is 35.5. The van der Waals surface area contributed by atoms with Crippen molar-refractivity contribution in [3.05, 3.63) is 41.0 Å². The molecule has 0 saturated carbocycles. The fourth-order valence-corrected chi connectivity index (χ4v) is 2.32. The zero-order valence-corrected chi connectivity index (χ0v) is 12.0. The first-order chi connectivity index (χ1) is 9.67. The van der Waals surface area contributed by atoms with Gasteiger partial charge in [-0.05, 0) is 18.6 Å². The molecule has 0 saturated heterocycles. The van der Waals surface area contributed by atoms with E-state index < -0.39 is 0 Å². The second kappa shape index (κ2) is 6.40. The summed E-state index contributed by atoms with van der Waals surface area (Å²) in [5, 5.41) is 1.10. The van der Waals surface area contributed by atoms with Crippen LogP contribution in [0.4, 0.5) is 0 Å². The lowest BCUT2D eigenvalue weighted by Crippen LogP contribution is -2.32. The molecule has 0 aliphatic heterocycles. The maximum Gasteiger partial charge on any atom is 0.255 e. The van der Waals surface area contributed by atoms with E-state index in [1.807, 2.05) is 31.2 Å². The van der Waals surface area contributed by atoms with E-state index in [1.54, 1.807) is 11.0 Å². The lowest BCUT2D eigenvalue weighted by atomic mass is 10.1. The molecule has 0 atom stereocenters. The van der Waals surface area contributed by atoms with E-state index in [9.17, 15) is 4.79 Å². The topological polar surface area (TPSA) is 33.2 Å². The van der Waals surface area contributed by atoms with Gasteiger partial charge in [-0.3, -0.25) is 4.79 Å². The summed E-state index contributed by atoms with van der Waals surface area (Å²) in [7, 11) is 0. The van der Waals surface area contributed by atoms with Gasteiger partial charge in [0.1, 0.15) is 5.15 Å². The van der Waals surface area contributed by atoms with Gasteiger partial charge in [0.2, 0.25) is 0 Å². The van der Waals surface area contributed by atoms with Crippen molar-refractivity contribution in [2.45, 2.75) is 13.3 Å². The van der Waals surface area contributed by atoms with E-state index in [4.69, 9.17) is 18.0 Å². The van der Waals surface area contributed by atoms with Crippen molar-refractivity contribution in [2.75, 3.05) is 13.1 Å². The molecule has 1 amide bonds. The molecule has 1 heterocycles. The average Bonchev–Trinajstić information content (AvgIpc) is 2.45. The first-order valence-electron chi connectivity index (χ1n) is 6.45. The molecule has 1 aromatic carbocycles. The fraction of sp³-hybridized carbons (Fsp3) is 0.250. The van der Waals surface area contributed by atoms with Crippen LogP contribution in [-0.2, 0) is 0 Å². The highest BCUT2D eigenvalue weighted by molar-refractivity contribution is 6.30. The summed E-state index contributed by atoms with van der Waals surface area (Å²) in [6, 6.07) is 9.05. The monoisotopic (exact) mass is 286 g/mol. The highest BCUT2D eigenvalue weighted by Crippen LogP contribution is 2.22. The molecule has 102 valence electrons. The highest BCUT2D eigenvalue weighted by Gasteiger charge is 2.18. The van der Waals surface area contributed by atoms with Gasteiger partial charge in [0, 0.05) is 11.9 Å². The third-order valence-electron chi connectivity index (χ3n) is 2.98. The summed E-state index contributed by atoms with van der Waals surface area (Å²) >= 11 is 6.00. The van der Waals surface area contributed by atoms with Crippen molar-refractivity contribution in [2.24, 2.45) is 0 Å². The number of hydrogen-bond acceptors (Lipinski definition) is 2. The number of amides is 1. The SMILES string of the molecule is C#CCN(CCC)C(=O)c1cc(Cl)nc2ccccc12. The van der Waals surface area contributed by atoms with Crippen LogP contribution in [0.5, 0.6) is 0 Å². The fourth-order valence-electron chi connectivity index (χ4n) is 2.12. The Kier molecular flexibility index (Phi) is 4.60. The largest absolute Gasteiger partial charge is 0.327 e. The van der Waals surface area contributed by atoms with E-state index in [-0.39, 0.29) is 5.91 Å². The Morgan fingerprint density at radius 1 is 1.45 bits per heavy atom. The first kappa shape index (κ1) is 14.4. The lowest BCUT2D eigenvalue weighted by Gasteiger charge is -2.20. The van der Waals surface area contributed by atoms with E-state index in [0.717, 1.165) is 11.8 Å². The Morgan fingerprint density at radius 2 is 2.20 bits per heavy atom. The quantitative estimate of drug-likeness (QED) is 0.638. The van der Waals surface area contributed by atoms with Gasteiger partial charge in [0.05, 0.1) is 17.6 Å². The third-order valence-corrected chi connectivity index (χ3v) is 3.17. The van der Waals surface area contributed by atoms with Gasteiger partial charge < -0.3 is 4.90 Å². The Bertz CT molecular complexity index is 676. The minimum atomic E-state index is -0.106. The number of pyridine rings is 1. The summed E-state index contributed by atoms with van der Waals surface area (Å²) in [5.74, 6) is 2.42. The predicted molar refractivity (Wildman–Crippen MR) is 81.8 cm³/mol. The van der Waals surface area contributed by atoms with Crippen LogP contribution in [0.2, 0.25) is 5.15 Å². The van der Waals surface area contributed by atoms with Crippen LogP contribution >= 0.6 is 11.6 Å². The van der Waals surface area contributed by atoms with E-state index in [2.05, 4.69) is 10.9 Å². The van der Waals surface area contributed by atoms with Crippen molar-refractivity contribution in [3.63, 3.8) is 0 Å². The summed E-state index contributed by atoms with van der Waals surface area (Å²) in [6.45, 7) is 2.92. The van der Waals surface area contributed by atoms with Gasteiger partial charge in [-0.1, -0.05) is 42.6 Å². The standard InChI is InChI=1S/C16H15ClN2O/c1-3-9-19(10-4-2)16(20)13-11-15(17)18-14-8-6-5-7-12(13)14/h1,5-8,11H,4,9-10H2,2H3. The van der Waals surface area contributed by atoms with E-state index in [1.165, 1.54) is 0 Å². The Balaban J connectivity index is 2.50. The smallest absolute Gasteiger partial charge is 0.255 e. The summed E-state index contributed by atoms with van der Waals surface area (Å²) < 4.78 is 0. The van der Waals surface area contributed by atoms with E-state index >= 15 is 0 Å². The minimum absolute atomic E-state index is 0.106. The average molecular weight is 287 g/mol. The second-order valence-electron chi connectivity index (χ2n) is 4.44. The molecule has 1 aromatic heterocycles. The molecule has 2 aromatic rings. The number of benzene rings is 1. The van der Waals surface area contributed by atoms with Gasteiger partial charge in [-0.2, -0.15) is 0 Å². The van der Waals surface area contributed by atoms with Crippen molar-refractivity contribution in [3.8, 4) is 12.3 Å². The number of carbonyl (C=O) groups excluding carboxylic acids is 1. The number of carbonyl (C=O) groups is 1. The van der Waals surface area contributed by atoms with Crippen molar-refractivity contribution >= 4 is 28.4 Å². The van der Waals surface area contributed by atoms with Crippen LogP contribution in [0.1, 0.15) is 23.7 Å². The number of hydrogen-bond donors (Lipinski definition) is 0. The summed E-state index contributed by atoms with van der Waals surface area (Å²) in [4.78, 5) is 18.5. The van der Waals surface area contributed by atoms with Crippen LogP contribution in [0.3, 0.4) is 0 Å². The van der Waals surface area contributed by atoms with Crippen LogP contribution in [0.15, 0.2) is 30.3 Å². The Labute approximate surface area is 123 Å². The van der Waals surface area contributed by atoms with Crippen molar-refractivity contribution in [1.29, 1.82) is 0 Å². The number of halogens is 1. The summed E-state index contributed by atoms with van der Waals surface area (Å²) in [6.07, 6.45) is 6.19. The molecule has 0 radical (unpaired) electrons. The van der Waals surface area contributed by atoms with Gasteiger partial charge in [0.15, 0.2) is 0 Å². The molecule has 0 unspecified atom stereocenters. The van der Waals surface area contributed by atoms with Crippen LogP contribution in [0, 0.1) is 12.3 Å². The molecule has 0 aliphatic carbocycles. The van der Waals surface area contributed by atoms with Crippen molar-refractivity contribution in [1.82, 2.24) is 9.88 Å². The Morgan fingerprint density at radius 3 is 2.90 bits per heavy atom. The second-order valence-corrected chi connectivity index (χ2v) is 4.83. The number of para-hydroxylation sites is 1. The van der Waals surface area contributed by atoms with Crippen LogP contribution in [0.25, 0.3) is 10.9 Å². The maximum atomic E-state index is 12.6. The van der Waals surface area contributed by atoms with Crippen molar-refractivity contribution < 1.29 is 4.79 Å². The molecule has 2 rings (SSSR count). The molecule has 0 spiro atoms. The van der Waals surface area contributed by atoms with Crippen LogP contribution < -0.4 is 0 Å². The normalized spacial score (nSPS) is 10.2. The molecule has 4 heteroatoms. The summed E-state index contributed by atoms with van der Waals surface area (Å²) in [5.41, 5.74) is 1.25. The number of nitrogens with zero attached hydrogens (tertiary/aromatic N) is 2. The Hall–Kier alpha value is -2.05. The molecule has 0 N–H and O–H groups in total. The predicted octanol–water partition coefficient (Wildman–Crippen LogP) is 3.37. The molecule has 0 aliphatic rings. The number of aromatic nitrogens is 1. The lowest BCUT2D eigenvalue weighted by molar-refractivity contribution is 0.0779. The molecule has 0 bridgehead atoms. The number of terminal acetylenes is 1. The molecule has 20 heavy (non-hydrogen) atoms. The maximum absolute atomic E-state index is 12.6. The van der Waals surface area contributed by atoms with Crippen LogP contribution in [-0.4, -0.2) is 28.9 Å². The van der Waals surface area contributed by atoms with Gasteiger partial charge in [-0.25, -0.2) is 4.98 Å². The first-order valence-corrected chi connectivity index (χ1v) is 6.83. The van der Waals surface area contributed by atoms with Gasteiger partial charge in [0.25, 0.3) is 5.91 Å². The number of fused-ring (bicyclic) bond motifs is 1. The molecule has 3 nitrogen and oxygen atoms in total. The van der Waals surface area contributed by atoms with Gasteiger partial charge in [-0.15, -0.1) is 6.42 Å². The minimum Gasteiger partial charge on any atom is -0.327 e. The molecular weight excluding hydrogens is 272 g/mol. The van der Waals surface area contributed by atoms with Gasteiger partial charge >= 0.3 is 0 Å². The zero-order chi connectivity index (χ0) is 14.5. The number of rotatable bonds is 4. The third kappa shape index (κ3) is 2.92. The van der Waals surface area contributed by atoms with E-state index in [0.29, 0.717) is 29.3 Å². The zero-order valence-electron chi connectivity index (χ0n) is 11.3.